The fraction of sp³-hybridized carbons (Fsp3) is 1.00. The molecule has 1 unspecified atom stereocenters. The van der Waals surface area contributed by atoms with Crippen molar-refractivity contribution in [3.05, 3.63) is 10.4 Å². The summed E-state index contributed by atoms with van der Waals surface area (Å²) >= 11 is 0. The van der Waals surface area contributed by atoms with Gasteiger partial charge in [0.05, 0.1) is 12.6 Å². The Balaban J connectivity index is 3.00. The number of aliphatic hydroxyl groups excluding tert-OH is 1. The molecule has 0 radical (unpaired) electrons. The fourth-order valence-corrected chi connectivity index (χ4v) is 1.80. The minimum Gasteiger partial charge on any atom is -0.388 e. The fourth-order valence-electron chi connectivity index (χ4n) is 1.80. The van der Waals surface area contributed by atoms with Gasteiger partial charge < -0.3 is 19.3 Å². The summed E-state index contributed by atoms with van der Waals surface area (Å²) in [5.74, 6) is 0. The molecule has 1 aliphatic heterocycles. The molecular weight excluding hydrogens is 201 g/mol. The van der Waals surface area contributed by atoms with Gasteiger partial charge in [-0.25, -0.2) is 0 Å². The van der Waals surface area contributed by atoms with Crippen LogP contribution in [0.4, 0.5) is 0 Å². The molecule has 15 heavy (non-hydrogen) atoms. The van der Waals surface area contributed by atoms with Crippen LogP contribution in [0.2, 0.25) is 0 Å². The predicted molar refractivity (Wildman–Crippen MR) is 54.0 cm³/mol. The van der Waals surface area contributed by atoms with Crippen molar-refractivity contribution in [2.24, 2.45) is 5.11 Å². The van der Waals surface area contributed by atoms with Gasteiger partial charge in [0.2, 0.25) is 0 Å². The number of rotatable bonds is 4. The lowest BCUT2D eigenvalue weighted by Gasteiger charge is -2.28. The average molecular weight is 215 g/mol. The SMILES string of the molecule is B[C@@H]1O[C@@](COC)(N=[N+]=[N-])C(OC)[C@@H]1O. The maximum absolute atomic E-state index is 9.76. The first-order valence-electron chi connectivity index (χ1n) is 4.55. The summed E-state index contributed by atoms with van der Waals surface area (Å²) in [4.78, 5) is 2.70. The van der Waals surface area contributed by atoms with Crippen molar-refractivity contribution in [2.75, 3.05) is 20.8 Å². The minimum absolute atomic E-state index is 0.0387. The van der Waals surface area contributed by atoms with Gasteiger partial charge in [0.15, 0.2) is 5.72 Å². The van der Waals surface area contributed by atoms with Crippen LogP contribution in [0.5, 0.6) is 0 Å². The molecule has 0 saturated carbocycles. The van der Waals surface area contributed by atoms with E-state index in [1.807, 2.05) is 0 Å². The first kappa shape index (κ1) is 12.3. The van der Waals surface area contributed by atoms with Crippen LogP contribution in [0.25, 0.3) is 10.4 Å². The van der Waals surface area contributed by atoms with Crippen LogP contribution in [-0.4, -0.2) is 57.7 Å². The summed E-state index contributed by atoms with van der Waals surface area (Å²) in [6, 6.07) is -0.462. The highest BCUT2D eigenvalue weighted by Crippen LogP contribution is 2.33. The van der Waals surface area contributed by atoms with Gasteiger partial charge in [-0.2, -0.15) is 0 Å². The first-order valence-corrected chi connectivity index (χ1v) is 4.55. The molecule has 0 aliphatic carbocycles. The van der Waals surface area contributed by atoms with Gasteiger partial charge in [-0.05, 0) is 5.53 Å². The van der Waals surface area contributed by atoms with Crippen LogP contribution in [0.15, 0.2) is 5.11 Å². The van der Waals surface area contributed by atoms with Crippen LogP contribution in [-0.2, 0) is 14.2 Å². The predicted octanol–water partition coefficient (Wildman–Crippen LogP) is -0.995. The van der Waals surface area contributed by atoms with E-state index in [0.717, 1.165) is 0 Å². The van der Waals surface area contributed by atoms with Gasteiger partial charge in [0, 0.05) is 19.1 Å². The summed E-state index contributed by atoms with van der Waals surface area (Å²) < 4.78 is 15.4. The Labute approximate surface area is 88.3 Å². The molecule has 1 heterocycles. The summed E-state index contributed by atoms with van der Waals surface area (Å²) in [5, 5.41) is 13.3. The van der Waals surface area contributed by atoms with Crippen molar-refractivity contribution in [3.8, 4) is 0 Å². The molecule has 1 rings (SSSR count). The molecule has 0 bridgehead atoms. The Morgan fingerprint density at radius 3 is 2.80 bits per heavy atom. The van der Waals surface area contributed by atoms with Crippen LogP contribution in [0, 0.1) is 0 Å². The smallest absolute Gasteiger partial charge is 0.198 e. The first-order chi connectivity index (χ1) is 7.11. The maximum atomic E-state index is 9.76. The molecule has 0 aromatic rings. The van der Waals surface area contributed by atoms with Gasteiger partial charge in [-0.15, -0.1) is 0 Å². The van der Waals surface area contributed by atoms with E-state index in [-0.39, 0.29) is 6.61 Å². The molecule has 8 heteroatoms. The van der Waals surface area contributed by atoms with Crippen LogP contribution < -0.4 is 0 Å². The Morgan fingerprint density at radius 2 is 2.33 bits per heavy atom. The molecule has 0 aromatic heterocycles. The summed E-state index contributed by atoms with van der Waals surface area (Å²) in [6.45, 7) is 0.0387. The van der Waals surface area contributed by atoms with Crippen LogP contribution >= 0.6 is 0 Å². The molecule has 0 aromatic carbocycles. The highest BCUT2D eigenvalue weighted by molar-refractivity contribution is 6.11. The summed E-state index contributed by atoms with van der Waals surface area (Å²) in [7, 11) is 4.56. The normalized spacial score (nSPS) is 40.1. The number of methoxy groups -OCH3 is 2. The summed E-state index contributed by atoms with van der Waals surface area (Å²) in [5.41, 5.74) is 7.21. The summed E-state index contributed by atoms with van der Waals surface area (Å²) in [6.07, 6.45) is -1.56. The van der Waals surface area contributed by atoms with Crippen LogP contribution in [0.3, 0.4) is 0 Å². The van der Waals surface area contributed by atoms with Crippen molar-refractivity contribution in [1.82, 2.24) is 0 Å². The Bertz CT molecular complexity index is 273. The topological polar surface area (TPSA) is 96.7 Å². The standard InChI is InChI=1S/C7H14BN3O4/c1-13-3-7(10-11-9)5(14-2)4(12)6(8)15-7/h4-6,12H,3,8H2,1-2H3/t4-,5?,6+,7+/m0/s1. The van der Waals surface area contributed by atoms with Gasteiger partial charge in [0.1, 0.15) is 20.1 Å². The van der Waals surface area contributed by atoms with Crippen molar-refractivity contribution in [3.63, 3.8) is 0 Å². The van der Waals surface area contributed by atoms with E-state index in [1.54, 1.807) is 7.85 Å². The quantitative estimate of drug-likeness (QED) is 0.281. The van der Waals surface area contributed by atoms with Gasteiger partial charge in [-0.1, -0.05) is 5.11 Å². The van der Waals surface area contributed by atoms with Crippen LogP contribution in [0.1, 0.15) is 0 Å². The average Bonchev–Trinajstić information content (AvgIpc) is 2.40. The molecule has 1 fully saturated rings. The van der Waals surface area contributed by atoms with E-state index in [0.29, 0.717) is 0 Å². The van der Waals surface area contributed by atoms with E-state index in [9.17, 15) is 5.11 Å². The number of hydrogen-bond acceptors (Lipinski definition) is 5. The molecule has 4 atom stereocenters. The van der Waals surface area contributed by atoms with Crippen molar-refractivity contribution >= 4 is 7.85 Å². The van der Waals surface area contributed by atoms with E-state index < -0.39 is 23.9 Å². The second-order valence-corrected chi connectivity index (χ2v) is 3.44. The zero-order chi connectivity index (χ0) is 11.5. The third kappa shape index (κ3) is 2.09. The molecule has 1 saturated heterocycles. The number of azide groups is 1. The lowest BCUT2D eigenvalue weighted by Crippen LogP contribution is -2.46. The van der Waals surface area contributed by atoms with Gasteiger partial charge in [0.25, 0.3) is 0 Å². The highest BCUT2D eigenvalue weighted by Gasteiger charge is 2.53. The van der Waals surface area contributed by atoms with Crippen molar-refractivity contribution < 1.29 is 19.3 Å². The van der Waals surface area contributed by atoms with E-state index in [4.69, 9.17) is 19.7 Å². The Morgan fingerprint density at radius 1 is 1.67 bits per heavy atom. The molecule has 84 valence electrons. The second kappa shape index (κ2) is 4.83. The van der Waals surface area contributed by atoms with E-state index in [1.165, 1.54) is 14.2 Å². The van der Waals surface area contributed by atoms with Crippen molar-refractivity contribution in [2.45, 2.75) is 23.9 Å². The minimum atomic E-state index is -1.28. The zero-order valence-corrected chi connectivity index (χ0v) is 8.95. The lowest BCUT2D eigenvalue weighted by atomic mass is 9.92. The number of nitrogens with zero attached hydrogens (tertiary/aromatic N) is 3. The molecule has 0 amide bonds. The number of hydrogen-bond donors (Lipinski definition) is 1. The third-order valence-electron chi connectivity index (χ3n) is 2.44. The maximum Gasteiger partial charge on any atom is 0.198 e. The van der Waals surface area contributed by atoms with Gasteiger partial charge >= 0.3 is 0 Å². The largest absolute Gasteiger partial charge is 0.388 e. The molecule has 1 N–H and O–H groups in total. The highest BCUT2D eigenvalue weighted by atomic mass is 16.6. The second-order valence-electron chi connectivity index (χ2n) is 3.44. The monoisotopic (exact) mass is 215 g/mol. The molecular formula is C7H14BN3O4. The van der Waals surface area contributed by atoms with E-state index in [2.05, 4.69) is 10.0 Å². The Hall–Kier alpha value is -0.785. The number of ether oxygens (including phenoxy) is 3. The Kier molecular flexibility index (Phi) is 3.95. The third-order valence-corrected chi connectivity index (χ3v) is 2.44. The lowest BCUT2D eigenvalue weighted by molar-refractivity contribution is -0.115. The molecule has 7 nitrogen and oxygen atoms in total. The van der Waals surface area contributed by atoms with E-state index >= 15 is 0 Å². The van der Waals surface area contributed by atoms with Gasteiger partial charge in [-0.3, -0.25) is 0 Å². The molecule has 0 spiro atoms. The zero-order valence-electron chi connectivity index (χ0n) is 8.95. The van der Waals surface area contributed by atoms with Crippen molar-refractivity contribution in [1.29, 1.82) is 0 Å². The molecule has 1 aliphatic rings. The number of aliphatic hydroxyl groups is 1.